The number of hydrogen-bond acceptors (Lipinski definition) is 18. The molecule has 3 aromatic rings. The Morgan fingerprint density at radius 3 is 0.934 bits per heavy atom. The van der Waals surface area contributed by atoms with Crippen molar-refractivity contribution in [2.24, 2.45) is 5.41 Å². The molecular formula is C55H89N3O14S4. The molecule has 0 unspecified atom stereocenters. The topological polar surface area (TPSA) is 207 Å². The molecule has 0 saturated carbocycles. The number of benzene rings is 2. The third kappa shape index (κ3) is 30.6. The molecule has 17 nitrogen and oxygen atoms in total. The first-order chi connectivity index (χ1) is 36.6. The van der Waals surface area contributed by atoms with E-state index in [4.69, 9.17) is 28.4 Å². The number of carbonyl (C=O) groups excluding carboxylic acids is 5. The molecule has 0 spiro atoms. The number of Topliss-reactive ketones (excluding diaryl/α,β-unsaturated/α-hetero) is 1. The van der Waals surface area contributed by atoms with Gasteiger partial charge in [-0.3, -0.25) is 24.0 Å². The summed E-state index contributed by atoms with van der Waals surface area (Å²) in [5.41, 5.74) is -2.01. The fraction of sp³-hybridized carbons (Fsp3) is 0.527. The number of methoxy groups -OCH3 is 2. The lowest BCUT2D eigenvalue weighted by Gasteiger charge is -2.31. The first kappa shape index (κ1) is 79.8. The summed E-state index contributed by atoms with van der Waals surface area (Å²) >= 11 is 15.9. The van der Waals surface area contributed by atoms with E-state index in [1.807, 2.05) is 118 Å². The van der Waals surface area contributed by atoms with Gasteiger partial charge in [-0.15, -0.1) is 19.7 Å². The van der Waals surface area contributed by atoms with Crippen LogP contribution in [0, 0.1) is 5.41 Å². The van der Waals surface area contributed by atoms with Crippen molar-refractivity contribution in [3.63, 3.8) is 0 Å². The van der Waals surface area contributed by atoms with Gasteiger partial charge in [0, 0.05) is 48.4 Å². The highest BCUT2D eigenvalue weighted by atomic mass is 32.1. The van der Waals surface area contributed by atoms with Crippen LogP contribution in [0.5, 0.6) is 0 Å². The highest BCUT2D eigenvalue weighted by Gasteiger charge is 2.41. The van der Waals surface area contributed by atoms with Crippen LogP contribution in [0.4, 0.5) is 0 Å². The molecule has 0 radical (unpaired) electrons. The zero-order chi connectivity index (χ0) is 59.5. The minimum absolute atomic E-state index is 0.0478. The van der Waals surface area contributed by atoms with Crippen molar-refractivity contribution in [2.45, 2.75) is 120 Å². The maximum absolute atomic E-state index is 12.7. The van der Waals surface area contributed by atoms with Crippen molar-refractivity contribution in [1.82, 2.24) is 13.7 Å². The van der Waals surface area contributed by atoms with Crippen LogP contribution in [0.2, 0.25) is 0 Å². The molecule has 0 bridgehead atoms. The van der Waals surface area contributed by atoms with E-state index < -0.39 is 52.1 Å². The second-order valence-electron chi connectivity index (χ2n) is 13.7. The largest absolute Gasteiger partial charge is 0.465 e. The summed E-state index contributed by atoms with van der Waals surface area (Å²) in [5.74, 6) is -2.60. The number of hydrogen-bond donors (Lipinski definition) is 4. The van der Waals surface area contributed by atoms with E-state index >= 15 is 0 Å². The Morgan fingerprint density at radius 2 is 0.711 bits per heavy atom. The summed E-state index contributed by atoms with van der Waals surface area (Å²) in [6.45, 7) is 29.4. The van der Waals surface area contributed by atoms with Gasteiger partial charge in [0.25, 0.3) is 5.79 Å². The number of rotatable bonds is 27. The van der Waals surface area contributed by atoms with Crippen LogP contribution in [0.1, 0.15) is 111 Å². The van der Waals surface area contributed by atoms with Gasteiger partial charge in [0.1, 0.15) is 31.8 Å². The summed E-state index contributed by atoms with van der Waals surface area (Å²) in [5, 5.41) is 0. The molecule has 0 N–H and O–H groups in total. The number of aromatic nitrogens is 3. The standard InChI is InChI=1S/C17H28O8S4.C16H16O3.C12H15N3O3.5C2H6/c18-13(1-5-26)22-9-17(10-23-14(19)2-6-27,11-24-15(20)3-7-28)12-25-16(21)4-8-29;1-18-16(19-2,14-11-7-4-8-12-14)15(17)13-9-5-3-6-10-13;1-4-7-13-10(16)14(8-5-2)12(18)15(9-6-3)11(13)17;5*1-2/h26-29H,1-12H2;3-12H,1-2H3;4-6H,1-3,7-9H2;5*1-2H3. The van der Waals surface area contributed by atoms with E-state index in [-0.39, 0.29) is 101 Å². The lowest BCUT2D eigenvalue weighted by molar-refractivity contribution is -0.176. The summed E-state index contributed by atoms with van der Waals surface area (Å²) < 4.78 is 34.5. The monoisotopic (exact) mass is 1140 g/mol. The van der Waals surface area contributed by atoms with Crippen molar-refractivity contribution in [1.29, 1.82) is 0 Å². The molecule has 0 aliphatic rings. The molecule has 0 aliphatic carbocycles. The molecule has 1 aromatic heterocycles. The Kier molecular flexibility index (Phi) is 54.6. The average molecular weight is 1140 g/mol. The van der Waals surface area contributed by atoms with Crippen LogP contribution < -0.4 is 17.1 Å². The minimum Gasteiger partial charge on any atom is -0.465 e. The second-order valence-corrected chi connectivity index (χ2v) is 15.5. The average Bonchev–Trinajstić information content (AvgIpc) is 3.46. The number of esters is 4. The van der Waals surface area contributed by atoms with Crippen LogP contribution in [0.25, 0.3) is 0 Å². The van der Waals surface area contributed by atoms with Crippen LogP contribution in [-0.4, -0.2) is 107 Å². The van der Waals surface area contributed by atoms with E-state index in [0.717, 1.165) is 13.7 Å². The maximum Gasteiger partial charge on any atom is 0.336 e. The summed E-state index contributed by atoms with van der Waals surface area (Å²) in [6.07, 6.45) is 4.53. The van der Waals surface area contributed by atoms with Crippen LogP contribution >= 0.6 is 50.5 Å². The van der Waals surface area contributed by atoms with Crippen molar-refractivity contribution >= 4 is 80.2 Å². The fourth-order valence-corrected chi connectivity index (χ4v) is 6.18. The first-order valence-electron chi connectivity index (χ1n) is 25.2. The zero-order valence-electron chi connectivity index (χ0n) is 47.1. The lowest BCUT2D eigenvalue weighted by Crippen LogP contribution is -2.54. The molecule has 76 heavy (non-hydrogen) atoms. The number of allylic oxidation sites excluding steroid dienone is 3. The van der Waals surface area contributed by atoms with E-state index in [1.165, 1.54) is 32.4 Å². The van der Waals surface area contributed by atoms with Crippen molar-refractivity contribution < 1.29 is 52.4 Å². The summed E-state index contributed by atoms with van der Waals surface area (Å²) in [6, 6.07) is 18.2. The van der Waals surface area contributed by atoms with Gasteiger partial charge in [0.05, 0.1) is 45.3 Å². The van der Waals surface area contributed by atoms with Crippen molar-refractivity contribution in [3.8, 4) is 0 Å². The number of ether oxygens (including phenoxy) is 6. The van der Waals surface area contributed by atoms with Gasteiger partial charge >= 0.3 is 40.9 Å². The molecule has 0 aliphatic heterocycles. The molecule has 21 heteroatoms. The summed E-state index contributed by atoms with van der Waals surface area (Å²) in [4.78, 5) is 95.6. The molecule has 3 rings (SSSR count). The summed E-state index contributed by atoms with van der Waals surface area (Å²) in [7, 11) is 2.94. The highest BCUT2D eigenvalue weighted by Crippen LogP contribution is 2.30. The molecule has 0 atom stereocenters. The Bertz CT molecular complexity index is 2000. The van der Waals surface area contributed by atoms with Crippen molar-refractivity contribution in [2.75, 3.05) is 63.7 Å². The predicted molar refractivity (Wildman–Crippen MR) is 320 cm³/mol. The van der Waals surface area contributed by atoms with E-state index in [0.29, 0.717) is 11.1 Å². The Hall–Kier alpha value is -5.06. The van der Waals surface area contributed by atoms with E-state index in [1.54, 1.807) is 12.1 Å². The molecule has 0 fully saturated rings. The van der Waals surface area contributed by atoms with Gasteiger partial charge in [-0.05, 0) is 0 Å². The number of thiol groups is 4. The minimum atomic E-state index is -1.40. The third-order valence-electron chi connectivity index (χ3n) is 8.81. The normalized spacial score (nSPS) is 9.74. The molecule has 0 saturated heterocycles. The van der Waals surface area contributed by atoms with Crippen molar-refractivity contribution in [3.05, 3.63) is 141 Å². The fourth-order valence-electron chi connectivity index (χ4n) is 5.45. The van der Waals surface area contributed by atoms with Crippen LogP contribution in [0.3, 0.4) is 0 Å². The number of ketones is 1. The Labute approximate surface area is 474 Å². The van der Waals surface area contributed by atoms with Crippen LogP contribution in [-0.2, 0) is 73.0 Å². The maximum atomic E-state index is 12.7. The van der Waals surface area contributed by atoms with E-state index in [9.17, 15) is 38.4 Å². The van der Waals surface area contributed by atoms with Gasteiger partial charge in [-0.1, -0.05) is 148 Å². The SMILES string of the molecule is C=CCn1c(=O)n(CC=C)c(=O)n(CC=C)c1=O.CC.CC.CC.CC.CC.COC(OC)(C(=O)c1ccccc1)c1ccccc1.O=C(CCS)OCC(COC(=O)CCS)(COC(=O)CCS)COC(=O)CCS. The molecule has 432 valence electrons. The molecule has 2 aromatic carbocycles. The molecule has 1 heterocycles. The molecule has 0 amide bonds. The van der Waals surface area contributed by atoms with Crippen LogP contribution in [0.15, 0.2) is 113 Å². The predicted octanol–water partition coefficient (Wildman–Crippen LogP) is 9.30. The highest BCUT2D eigenvalue weighted by molar-refractivity contribution is 7.80. The molecular weight excluding hydrogens is 1050 g/mol. The Morgan fingerprint density at radius 1 is 0.461 bits per heavy atom. The third-order valence-corrected chi connectivity index (χ3v) is 9.70. The van der Waals surface area contributed by atoms with Gasteiger partial charge in [-0.25, -0.2) is 28.1 Å². The quantitative estimate of drug-likeness (QED) is 0.0140. The number of nitrogens with zero attached hydrogens (tertiary/aromatic N) is 3. The second kappa shape index (κ2) is 52.0. The van der Waals surface area contributed by atoms with Gasteiger partial charge in [0.15, 0.2) is 0 Å². The Balaban J connectivity index is -0.000000313. The van der Waals surface area contributed by atoms with Gasteiger partial charge in [-0.2, -0.15) is 50.5 Å². The van der Waals surface area contributed by atoms with Gasteiger partial charge < -0.3 is 28.4 Å². The van der Waals surface area contributed by atoms with Gasteiger partial charge in [0.2, 0.25) is 5.78 Å². The van der Waals surface area contributed by atoms with E-state index in [2.05, 4.69) is 70.3 Å². The smallest absolute Gasteiger partial charge is 0.336 e. The zero-order valence-corrected chi connectivity index (χ0v) is 50.7. The number of carbonyl (C=O) groups is 5. The first-order valence-corrected chi connectivity index (χ1v) is 27.8. The lowest BCUT2D eigenvalue weighted by atomic mass is 9.92.